The van der Waals surface area contributed by atoms with Crippen LogP contribution in [0.1, 0.15) is 58.3 Å². The summed E-state index contributed by atoms with van der Waals surface area (Å²) in [6.45, 7) is 11.4. The molecule has 0 atom stereocenters. The molecule has 0 aromatic rings. The highest BCUT2D eigenvalue weighted by atomic mass is 28.4. The summed E-state index contributed by atoms with van der Waals surface area (Å²) in [4.78, 5) is 0. The van der Waals surface area contributed by atoms with E-state index >= 15 is 0 Å². The lowest BCUT2D eigenvalue weighted by Crippen LogP contribution is -2.50. The lowest BCUT2D eigenvalue weighted by atomic mass is 9.76. The normalized spacial score (nSPS) is 25.1. The maximum atomic E-state index is 6.73. The smallest absolute Gasteiger partial charge is 0.191 e. The Morgan fingerprint density at radius 1 is 1.32 bits per heavy atom. The Morgan fingerprint density at radius 2 is 2.00 bits per heavy atom. The molecule has 0 unspecified atom stereocenters. The van der Waals surface area contributed by atoms with Crippen molar-refractivity contribution in [1.29, 1.82) is 0 Å². The molecule has 1 nitrogen and oxygen atoms in total. The van der Waals surface area contributed by atoms with E-state index < -0.39 is 8.32 Å². The maximum Gasteiger partial charge on any atom is 0.191 e. The van der Waals surface area contributed by atoms with Crippen molar-refractivity contribution in [3.05, 3.63) is 23.8 Å². The first-order chi connectivity index (χ1) is 8.99. The second-order valence-corrected chi connectivity index (χ2v) is 11.1. The molecule has 2 rings (SSSR count). The number of rotatable bonds is 4. The van der Waals surface area contributed by atoms with Crippen LogP contribution in [-0.4, -0.2) is 13.9 Å². The molecule has 2 heteroatoms. The lowest BCUT2D eigenvalue weighted by Gasteiger charge is -2.48. The van der Waals surface area contributed by atoms with Crippen molar-refractivity contribution in [3.63, 3.8) is 0 Å². The Labute approximate surface area is 120 Å². The molecule has 0 N–H and O–H groups in total. The summed E-state index contributed by atoms with van der Waals surface area (Å²) in [7, 11) is -1.49. The van der Waals surface area contributed by atoms with E-state index in [9.17, 15) is 0 Å². The molecule has 1 heterocycles. The second-order valence-electron chi connectivity index (χ2n) is 6.95. The highest BCUT2D eigenvalue weighted by Gasteiger charge is 2.44. The highest BCUT2D eigenvalue weighted by molar-refractivity contribution is 6.72. The van der Waals surface area contributed by atoms with Crippen LogP contribution >= 0.6 is 0 Å². The maximum absolute atomic E-state index is 6.73. The monoisotopic (exact) mass is 278 g/mol. The lowest BCUT2D eigenvalue weighted by molar-refractivity contribution is 0.0543. The van der Waals surface area contributed by atoms with Gasteiger partial charge < -0.3 is 4.43 Å². The third kappa shape index (κ3) is 3.40. The number of hydrogen-bond donors (Lipinski definition) is 0. The quantitative estimate of drug-likeness (QED) is 0.608. The molecule has 19 heavy (non-hydrogen) atoms. The molecule has 1 spiro atoms. The first kappa shape index (κ1) is 15.1. The van der Waals surface area contributed by atoms with E-state index in [0.29, 0.717) is 0 Å². The van der Waals surface area contributed by atoms with E-state index in [1.165, 1.54) is 56.1 Å². The van der Waals surface area contributed by atoms with Crippen molar-refractivity contribution in [2.45, 2.75) is 83.0 Å². The zero-order valence-corrected chi connectivity index (χ0v) is 14.1. The molecule has 0 amide bonds. The van der Waals surface area contributed by atoms with Crippen LogP contribution < -0.4 is 0 Å². The SMILES string of the molecule is C=C(CCCC)C1=CC[Si](C)(C)OC12CCCCC2. The molecule has 1 aliphatic heterocycles. The van der Waals surface area contributed by atoms with Crippen LogP contribution in [0.2, 0.25) is 19.1 Å². The van der Waals surface area contributed by atoms with E-state index in [-0.39, 0.29) is 5.60 Å². The van der Waals surface area contributed by atoms with Crippen LogP contribution in [0.25, 0.3) is 0 Å². The third-order valence-corrected chi connectivity index (χ3v) is 6.77. The summed E-state index contributed by atoms with van der Waals surface area (Å²) in [5.74, 6) is 0. The Morgan fingerprint density at radius 3 is 2.63 bits per heavy atom. The van der Waals surface area contributed by atoms with Crippen LogP contribution in [-0.2, 0) is 4.43 Å². The fourth-order valence-corrected chi connectivity index (χ4v) is 5.80. The molecule has 1 fully saturated rings. The van der Waals surface area contributed by atoms with E-state index in [1.54, 1.807) is 0 Å². The van der Waals surface area contributed by atoms with E-state index in [0.717, 1.165) is 12.5 Å². The summed E-state index contributed by atoms with van der Waals surface area (Å²) in [5.41, 5.74) is 2.89. The summed E-state index contributed by atoms with van der Waals surface area (Å²) >= 11 is 0. The average Bonchev–Trinajstić information content (AvgIpc) is 2.36. The van der Waals surface area contributed by atoms with Crippen LogP contribution in [0.15, 0.2) is 23.8 Å². The van der Waals surface area contributed by atoms with Crippen molar-refractivity contribution in [1.82, 2.24) is 0 Å². The Bertz CT molecular complexity index is 361. The first-order valence-electron chi connectivity index (χ1n) is 8.08. The van der Waals surface area contributed by atoms with Gasteiger partial charge >= 0.3 is 0 Å². The van der Waals surface area contributed by atoms with Crippen molar-refractivity contribution in [3.8, 4) is 0 Å². The van der Waals surface area contributed by atoms with Gasteiger partial charge in [-0.05, 0) is 56.0 Å². The van der Waals surface area contributed by atoms with Gasteiger partial charge in [0.15, 0.2) is 8.32 Å². The van der Waals surface area contributed by atoms with Gasteiger partial charge in [-0.15, -0.1) is 0 Å². The number of allylic oxidation sites excluding steroid dienone is 1. The van der Waals surface area contributed by atoms with Crippen molar-refractivity contribution in [2.75, 3.05) is 0 Å². The summed E-state index contributed by atoms with van der Waals surface area (Å²) < 4.78 is 6.73. The minimum absolute atomic E-state index is 0.0526. The van der Waals surface area contributed by atoms with Gasteiger partial charge in [0.25, 0.3) is 0 Å². The molecule has 1 aliphatic carbocycles. The molecule has 108 valence electrons. The van der Waals surface area contributed by atoms with Gasteiger partial charge in [0, 0.05) is 0 Å². The molecule has 0 bridgehead atoms. The fourth-order valence-electron chi connectivity index (χ4n) is 3.65. The van der Waals surface area contributed by atoms with E-state index in [2.05, 4.69) is 32.7 Å². The standard InChI is InChI=1S/C17H30OSi/c1-5-6-10-15(2)16-11-14-19(3,4)18-17(16)12-8-7-9-13-17/h11H,2,5-10,12-14H2,1,3-4H3. The van der Waals surface area contributed by atoms with Gasteiger partial charge in [-0.25, -0.2) is 0 Å². The zero-order chi connectivity index (χ0) is 13.9. The van der Waals surface area contributed by atoms with Crippen molar-refractivity contribution in [2.24, 2.45) is 0 Å². The topological polar surface area (TPSA) is 9.23 Å². The molecular weight excluding hydrogens is 248 g/mol. The summed E-state index contributed by atoms with van der Waals surface area (Å²) in [5, 5.41) is 0. The highest BCUT2D eigenvalue weighted by Crippen LogP contribution is 2.46. The van der Waals surface area contributed by atoms with Gasteiger partial charge in [-0.3, -0.25) is 0 Å². The van der Waals surface area contributed by atoms with Gasteiger partial charge in [-0.2, -0.15) is 0 Å². The molecule has 0 radical (unpaired) electrons. The van der Waals surface area contributed by atoms with Crippen LogP contribution in [0.5, 0.6) is 0 Å². The molecule has 0 saturated heterocycles. The average molecular weight is 279 g/mol. The summed E-state index contributed by atoms with van der Waals surface area (Å²) in [6, 6.07) is 1.16. The van der Waals surface area contributed by atoms with Gasteiger partial charge in [0.1, 0.15) is 0 Å². The van der Waals surface area contributed by atoms with Gasteiger partial charge in [-0.1, -0.05) is 45.3 Å². The molecule has 0 aromatic heterocycles. The summed E-state index contributed by atoms with van der Waals surface area (Å²) in [6.07, 6.45) is 12.6. The van der Waals surface area contributed by atoms with E-state index in [4.69, 9.17) is 4.43 Å². The Kier molecular flexibility index (Phi) is 4.73. The molecule has 1 saturated carbocycles. The largest absolute Gasteiger partial charge is 0.408 e. The minimum Gasteiger partial charge on any atom is -0.408 e. The third-order valence-electron chi connectivity index (χ3n) is 4.63. The molecule has 2 aliphatic rings. The number of unbranched alkanes of at least 4 members (excludes halogenated alkanes) is 1. The Balaban J connectivity index is 2.22. The zero-order valence-electron chi connectivity index (χ0n) is 13.1. The van der Waals surface area contributed by atoms with Crippen molar-refractivity contribution < 1.29 is 4.43 Å². The Hall–Kier alpha value is -0.343. The van der Waals surface area contributed by atoms with E-state index in [1.807, 2.05) is 0 Å². The second kappa shape index (κ2) is 5.97. The van der Waals surface area contributed by atoms with Gasteiger partial charge in [0.05, 0.1) is 5.60 Å². The van der Waals surface area contributed by atoms with Crippen LogP contribution in [0.4, 0.5) is 0 Å². The van der Waals surface area contributed by atoms with Crippen LogP contribution in [0.3, 0.4) is 0 Å². The first-order valence-corrected chi connectivity index (χ1v) is 11.2. The minimum atomic E-state index is -1.49. The molecule has 0 aromatic carbocycles. The van der Waals surface area contributed by atoms with Gasteiger partial charge in [0.2, 0.25) is 0 Å². The fraction of sp³-hybridized carbons (Fsp3) is 0.765. The van der Waals surface area contributed by atoms with Crippen molar-refractivity contribution >= 4 is 8.32 Å². The predicted octanol–water partition coefficient (Wildman–Crippen LogP) is 5.60. The van der Waals surface area contributed by atoms with Crippen LogP contribution in [0, 0.1) is 0 Å². The number of hydrogen-bond acceptors (Lipinski definition) is 1. The predicted molar refractivity (Wildman–Crippen MR) is 85.9 cm³/mol. The molecular formula is C17H30OSi.